The molecule has 0 bridgehead atoms. The van der Waals surface area contributed by atoms with Gasteiger partial charge in [0.1, 0.15) is 0 Å². The van der Waals surface area contributed by atoms with Gasteiger partial charge in [-0.05, 0) is 24.6 Å². The van der Waals surface area contributed by atoms with E-state index >= 15 is 0 Å². The average Bonchev–Trinajstić information content (AvgIpc) is 2.60. The van der Waals surface area contributed by atoms with Crippen LogP contribution in [0.2, 0.25) is 5.02 Å². The van der Waals surface area contributed by atoms with Crippen LogP contribution in [0, 0.1) is 6.92 Å². The third-order valence-electron chi connectivity index (χ3n) is 2.25. The zero-order valence-electron chi connectivity index (χ0n) is 9.49. The second-order valence-electron chi connectivity index (χ2n) is 3.82. The van der Waals surface area contributed by atoms with Crippen molar-refractivity contribution in [3.8, 4) is 10.4 Å². The zero-order chi connectivity index (χ0) is 11.7. The van der Waals surface area contributed by atoms with Crippen molar-refractivity contribution >= 4 is 28.1 Å². The van der Waals surface area contributed by atoms with Crippen molar-refractivity contribution < 1.29 is 0 Å². The van der Waals surface area contributed by atoms with Gasteiger partial charge in [-0.1, -0.05) is 35.1 Å². The third kappa shape index (κ3) is 2.20. The van der Waals surface area contributed by atoms with Gasteiger partial charge < -0.3 is 4.90 Å². The summed E-state index contributed by atoms with van der Waals surface area (Å²) in [6.45, 7) is 2.03. The van der Waals surface area contributed by atoms with Gasteiger partial charge in [0.15, 0.2) is 5.13 Å². The van der Waals surface area contributed by atoms with Crippen LogP contribution in [0.1, 0.15) is 5.69 Å². The molecule has 1 aromatic heterocycles. The summed E-state index contributed by atoms with van der Waals surface area (Å²) in [7, 11) is 4.00. The molecule has 0 aliphatic carbocycles. The molecule has 0 aliphatic heterocycles. The molecule has 2 nitrogen and oxygen atoms in total. The molecule has 84 valence electrons. The Morgan fingerprint density at radius 2 is 2.06 bits per heavy atom. The zero-order valence-corrected chi connectivity index (χ0v) is 11.1. The molecule has 0 N–H and O–H groups in total. The van der Waals surface area contributed by atoms with Crippen molar-refractivity contribution in [2.75, 3.05) is 19.0 Å². The Hall–Kier alpha value is -1.06. The number of anilines is 1. The van der Waals surface area contributed by atoms with Gasteiger partial charge >= 0.3 is 0 Å². The summed E-state index contributed by atoms with van der Waals surface area (Å²) in [5, 5.41) is 1.78. The summed E-state index contributed by atoms with van der Waals surface area (Å²) in [6.07, 6.45) is 0. The standard InChI is InChI=1S/C12H13ClN2S/c1-8-11(16-12(14-8)15(2)3)9-5-4-6-10(13)7-9/h4-7H,1-3H3. The van der Waals surface area contributed by atoms with Gasteiger partial charge in [-0.3, -0.25) is 0 Å². The smallest absolute Gasteiger partial charge is 0.185 e. The molecule has 2 aromatic rings. The number of hydrogen-bond acceptors (Lipinski definition) is 3. The minimum Gasteiger partial charge on any atom is -0.354 e. The topological polar surface area (TPSA) is 16.1 Å². The number of aromatic nitrogens is 1. The van der Waals surface area contributed by atoms with Crippen LogP contribution in [-0.2, 0) is 0 Å². The largest absolute Gasteiger partial charge is 0.354 e. The predicted molar refractivity (Wildman–Crippen MR) is 71.6 cm³/mol. The van der Waals surface area contributed by atoms with Crippen LogP contribution >= 0.6 is 22.9 Å². The Morgan fingerprint density at radius 3 is 2.62 bits per heavy atom. The van der Waals surface area contributed by atoms with Gasteiger partial charge in [0.05, 0.1) is 10.6 Å². The summed E-state index contributed by atoms with van der Waals surface area (Å²) in [6, 6.07) is 7.88. The highest BCUT2D eigenvalue weighted by molar-refractivity contribution is 7.19. The Kier molecular flexibility index (Phi) is 3.17. The highest BCUT2D eigenvalue weighted by Crippen LogP contribution is 2.34. The molecular formula is C12H13ClN2S. The normalized spacial score (nSPS) is 10.5. The molecule has 1 aromatic carbocycles. The van der Waals surface area contributed by atoms with Crippen LogP contribution in [0.4, 0.5) is 5.13 Å². The lowest BCUT2D eigenvalue weighted by Crippen LogP contribution is -2.07. The number of benzene rings is 1. The van der Waals surface area contributed by atoms with E-state index in [0.29, 0.717) is 0 Å². The summed E-state index contributed by atoms with van der Waals surface area (Å²) in [5.41, 5.74) is 2.19. The van der Waals surface area contributed by atoms with E-state index < -0.39 is 0 Å². The fraction of sp³-hybridized carbons (Fsp3) is 0.250. The summed E-state index contributed by atoms with van der Waals surface area (Å²) in [5.74, 6) is 0. The van der Waals surface area contributed by atoms with Crippen LogP contribution < -0.4 is 4.90 Å². The van der Waals surface area contributed by atoms with Crippen molar-refractivity contribution in [1.82, 2.24) is 4.98 Å². The molecule has 0 saturated carbocycles. The number of rotatable bonds is 2. The summed E-state index contributed by atoms with van der Waals surface area (Å²) in [4.78, 5) is 7.72. The number of aryl methyl sites for hydroxylation is 1. The molecule has 0 amide bonds. The maximum absolute atomic E-state index is 5.99. The Labute approximate surface area is 105 Å². The first-order chi connectivity index (χ1) is 7.58. The fourth-order valence-corrected chi connectivity index (χ4v) is 2.65. The lowest BCUT2D eigenvalue weighted by atomic mass is 10.2. The van der Waals surface area contributed by atoms with Crippen molar-refractivity contribution in [2.24, 2.45) is 0 Å². The Morgan fingerprint density at radius 1 is 1.31 bits per heavy atom. The second kappa shape index (κ2) is 4.44. The van der Waals surface area contributed by atoms with Crippen LogP contribution in [0.3, 0.4) is 0 Å². The molecule has 0 radical (unpaired) electrons. The van der Waals surface area contributed by atoms with Crippen molar-refractivity contribution in [1.29, 1.82) is 0 Å². The Bertz CT molecular complexity index is 505. The lowest BCUT2D eigenvalue weighted by Gasteiger charge is -2.05. The van der Waals surface area contributed by atoms with Crippen LogP contribution in [0.25, 0.3) is 10.4 Å². The lowest BCUT2D eigenvalue weighted by molar-refractivity contribution is 1.09. The maximum Gasteiger partial charge on any atom is 0.185 e. The van der Waals surface area contributed by atoms with E-state index in [2.05, 4.69) is 11.1 Å². The highest BCUT2D eigenvalue weighted by atomic mass is 35.5. The van der Waals surface area contributed by atoms with Crippen molar-refractivity contribution in [3.63, 3.8) is 0 Å². The molecule has 0 fully saturated rings. The summed E-state index contributed by atoms with van der Waals surface area (Å²) < 4.78 is 0. The van der Waals surface area contributed by atoms with Gasteiger partial charge in [-0.2, -0.15) is 0 Å². The van der Waals surface area contributed by atoms with E-state index in [4.69, 9.17) is 11.6 Å². The average molecular weight is 253 g/mol. The van der Waals surface area contributed by atoms with Gasteiger partial charge in [-0.15, -0.1) is 0 Å². The predicted octanol–water partition coefficient (Wildman–Crippen LogP) is 3.84. The molecule has 0 aliphatic rings. The maximum atomic E-state index is 5.99. The van der Waals surface area contributed by atoms with E-state index in [1.165, 1.54) is 4.88 Å². The van der Waals surface area contributed by atoms with E-state index in [1.807, 2.05) is 44.1 Å². The first kappa shape index (κ1) is 11.4. The van der Waals surface area contributed by atoms with E-state index in [0.717, 1.165) is 21.4 Å². The van der Waals surface area contributed by atoms with E-state index in [1.54, 1.807) is 11.3 Å². The van der Waals surface area contributed by atoms with E-state index in [-0.39, 0.29) is 0 Å². The minimum atomic E-state index is 0.761. The van der Waals surface area contributed by atoms with Crippen molar-refractivity contribution in [2.45, 2.75) is 6.92 Å². The van der Waals surface area contributed by atoms with Gasteiger partial charge in [0.2, 0.25) is 0 Å². The number of thiazole rings is 1. The first-order valence-corrected chi connectivity index (χ1v) is 6.18. The van der Waals surface area contributed by atoms with Crippen LogP contribution in [-0.4, -0.2) is 19.1 Å². The van der Waals surface area contributed by atoms with Crippen LogP contribution in [0.5, 0.6) is 0 Å². The molecule has 1 heterocycles. The molecule has 0 saturated heterocycles. The molecule has 0 unspecified atom stereocenters. The SMILES string of the molecule is Cc1nc(N(C)C)sc1-c1cccc(Cl)c1. The number of halogens is 1. The number of hydrogen-bond donors (Lipinski definition) is 0. The summed E-state index contributed by atoms with van der Waals surface area (Å²) >= 11 is 7.68. The first-order valence-electron chi connectivity index (χ1n) is 4.98. The molecule has 2 rings (SSSR count). The third-order valence-corrected chi connectivity index (χ3v) is 3.86. The molecule has 4 heteroatoms. The number of nitrogens with zero attached hydrogens (tertiary/aromatic N) is 2. The monoisotopic (exact) mass is 252 g/mol. The Balaban J connectivity index is 2.48. The van der Waals surface area contributed by atoms with E-state index in [9.17, 15) is 0 Å². The fourth-order valence-electron chi connectivity index (χ4n) is 1.47. The quantitative estimate of drug-likeness (QED) is 0.807. The van der Waals surface area contributed by atoms with Gasteiger partial charge in [-0.25, -0.2) is 4.98 Å². The van der Waals surface area contributed by atoms with Gasteiger partial charge in [0, 0.05) is 19.1 Å². The van der Waals surface area contributed by atoms with Gasteiger partial charge in [0.25, 0.3) is 0 Å². The second-order valence-corrected chi connectivity index (χ2v) is 5.23. The highest BCUT2D eigenvalue weighted by Gasteiger charge is 2.10. The molecular weight excluding hydrogens is 240 g/mol. The molecule has 16 heavy (non-hydrogen) atoms. The van der Waals surface area contributed by atoms with Crippen LogP contribution in [0.15, 0.2) is 24.3 Å². The minimum absolute atomic E-state index is 0.761. The molecule has 0 spiro atoms. The molecule has 0 atom stereocenters. The van der Waals surface area contributed by atoms with Crippen molar-refractivity contribution in [3.05, 3.63) is 35.0 Å².